The van der Waals surface area contributed by atoms with Crippen molar-refractivity contribution in [2.75, 3.05) is 0 Å². The smallest absolute Gasteiger partial charge is 0.315 e. The van der Waals surface area contributed by atoms with Gasteiger partial charge < -0.3 is 14.1 Å². The minimum atomic E-state index is -0.920. The molecule has 0 saturated carbocycles. The fourth-order valence-corrected chi connectivity index (χ4v) is 3.48. The summed E-state index contributed by atoms with van der Waals surface area (Å²) in [5.41, 5.74) is 1.07. The molecule has 3 heterocycles. The zero-order valence-electron chi connectivity index (χ0n) is 12.9. The molecule has 22 heavy (non-hydrogen) atoms. The Hall–Kier alpha value is -2.30. The summed E-state index contributed by atoms with van der Waals surface area (Å²) in [6, 6.07) is 5.22. The molecule has 2 aromatic heterocycles. The maximum atomic E-state index is 12.6. The summed E-state index contributed by atoms with van der Waals surface area (Å²) < 4.78 is 7.11. The van der Waals surface area contributed by atoms with Crippen molar-refractivity contribution < 1.29 is 19.1 Å². The van der Waals surface area contributed by atoms with Gasteiger partial charge in [-0.25, -0.2) is 0 Å². The zero-order chi connectivity index (χ0) is 16.1. The van der Waals surface area contributed by atoms with Crippen LogP contribution in [-0.2, 0) is 16.8 Å². The van der Waals surface area contributed by atoms with Crippen molar-refractivity contribution in [3.05, 3.63) is 47.2 Å². The number of fused-ring (bicyclic) bond motifs is 1. The first kappa shape index (κ1) is 14.6. The second kappa shape index (κ2) is 4.87. The molecular weight excluding hydrogens is 282 g/mol. The van der Waals surface area contributed by atoms with Gasteiger partial charge in [0.05, 0.1) is 12.0 Å². The number of carboxylic acid groups (broad SMARTS) is 1. The lowest BCUT2D eigenvalue weighted by Crippen LogP contribution is -2.38. The van der Waals surface area contributed by atoms with Crippen molar-refractivity contribution in [2.24, 2.45) is 5.92 Å². The standard InChI is InChI=1S/C17H19NO4/c1-10(2)17(16(20)21)7-8-18-12(4-5-13(17)18)14(19)15-11(3)6-9-22-15/h4-6,9-10H,7-8H2,1-3H3,(H,20,21). The number of carbonyl (C=O) groups excluding carboxylic acids is 1. The molecular formula is C17H19NO4. The Morgan fingerprint density at radius 2 is 2.05 bits per heavy atom. The highest BCUT2D eigenvalue weighted by Crippen LogP contribution is 2.43. The van der Waals surface area contributed by atoms with Crippen LogP contribution in [0.25, 0.3) is 0 Å². The molecule has 2 aromatic rings. The first-order chi connectivity index (χ1) is 10.4. The SMILES string of the molecule is Cc1ccoc1C(=O)c1ccc2n1CCC2(C(=O)O)C(C)C. The van der Waals surface area contributed by atoms with Crippen LogP contribution in [0, 0.1) is 12.8 Å². The van der Waals surface area contributed by atoms with E-state index in [2.05, 4.69) is 0 Å². The molecule has 0 bridgehead atoms. The van der Waals surface area contributed by atoms with Gasteiger partial charge in [-0.1, -0.05) is 13.8 Å². The van der Waals surface area contributed by atoms with Gasteiger partial charge >= 0.3 is 5.97 Å². The number of rotatable bonds is 4. The third-order valence-corrected chi connectivity index (χ3v) is 4.84. The van der Waals surface area contributed by atoms with Gasteiger partial charge in [-0.2, -0.15) is 0 Å². The number of hydrogen-bond acceptors (Lipinski definition) is 3. The summed E-state index contributed by atoms with van der Waals surface area (Å²) in [5.74, 6) is -0.751. The molecule has 0 aliphatic carbocycles. The fourth-order valence-electron chi connectivity index (χ4n) is 3.48. The second-order valence-electron chi connectivity index (χ2n) is 6.20. The molecule has 1 atom stereocenters. The van der Waals surface area contributed by atoms with Crippen molar-refractivity contribution in [3.8, 4) is 0 Å². The van der Waals surface area contributed by atoms with Crippen LogP contribution in [-0.4, -0.2) is 21.4 Å². The maximum absolute atomic E-state index is 12.6. The molecule has 0 radical (unpaired) electrons. The van der Waals surface area contributed by atoms with Crippen LogP contribution in [0.2, 0.25) is 0 Å². The van der Waals surface area contributed by atoms with Gasteiger partial charge in [0.1, 0.15) is 5.41 Å². The highest BCUT2D eigenvalue weighted by atomic mass is 16.4. The van der Waals surface area contributed by atoms with Crippen molar-refractivity contribution in [1.29, 1.82) is 0 Å². The summed E-state index contributed by atoms with van der Waals surface area (Å²) in [7, 11) is 0. The average molecular weight is 301 g/mol. The quantitative estimate of drug-likeness (QED) is 0.881. The van der Waals surface area contributed by atoms with Crippen molar-refractivity contribution in [3.63, 3.8) is 0 Å². The number of aliphatic carboxylic acids is 1. The van der Waals surface area contributed by atoms with Gasteiger partial charge in [0, 0.05) is 12.2 Å². The van der Waals surface area contributed by atoms with E-state index in [0.29, 0.717) is 30.1 Å². The molecule has 3 rings (SSSR count). The Balaban J connectivity index is 2.09. The third-order valence-electron chi connectivity index (χ3n) is 4.84. The van der Waals surface area contributed by atoms with E-state index in [0.717, 1.165) is 5.56 Å². The van der Waals surface area contributed by atoms with E-state index < -0.39 is 11.4 Å². The van der Waals surface area contributed by atoms with Gasteiger partial charge in [-0.15, -0.1) is 0 Å². The Morgan fingerprint density at radius 3 is 2.59 bits per heavy atom. The third kappa shape index (κ3) is 1.78. The largest absolute Gasteiger partial charge is 0.481 e. The van der Waals surface area contributed by atoms with Crippen LogP contribution in [0.1, 0.15) is 47.8 Å². The Bertz CT molecular complexity index is 753. The topological polar surface area (TPSA) is 72.4 Å². The number of aromatic nitrogens is 1. The first-order valence-corrected chi connectivity index (χ1v) is 7.41. The van der Waals surface area contributed by atoms with Gasteiger partial charge in [-0.3, -0.25) is 9.59 Å². The van der Waals surface area contributed by atoms with Crippen molar-refractivity contribution >= 4 is 11.8 Å². The van der Waals surface area contributed by atoms with E-state index in [-0.39, 0.29) is 11.7 Å². The highest BCUT2D eigenvalue weighted by molar-refractivity contribution is 6.07. The van der Waals surface area contributed by atoms with E-state index in [1.54, 1.807) is 18.2 Å². The lowest BCUT2D eigenvalue weighted by Gasteiger charge is -2.28. The first-order valence-electron chi connectivity index (χ1n) is 7.41. The predicted molar refractivity (Wildman–Crippen MR) is 80.1 cm³/mol. The lowest BCUT2D eigenvalue weighted by atomic mass is 9.74. The van der Waals surface area contributed by atoms with E-state index in [9.17, 15) is 14.7 Å². The molecule has 1 aliphatic rings. The van der Waals surface area contributed by atoms with Gasteiger partial charge in [0.15, 0.2) is 5.76 Å². The van der Waals surface area contributed by atoms with Crippen LogP contribution in [0.15, 0.2) is 28.9 Å². The fraction of sp³-hybridized carbons (Fsp3) is 0.412. The van der Waals surface area contributed by atoms with Crippen LogP contribution >= 0.6 is 0 Å². The molecule has 0 spiro atoms. The number of carboxylic acids is 1. The van der Waals surface area contributed by atoms with Gasteiger partial charge in [-0.05, 0) is 43.0 Å². The number of nitrogens with zero attached hydrogens (tertiary/aromatic N) is 1. The number of carbonyl (C=O) groups is 2. The van der Waals surface area contributed by atoms with E-state index >= 15 is 0 Å². The molecule has 5 heteroatoms. The minimum absolute atomic E-state index is 0.0468. The van der Waals surface area contributed by atoms with Crippen LogP contribution in [0.4, 0.5) is 0 Å². The van der Waals surface area contributed by atoms with E-state index in [1.165, 1.54) is 6.26 Å². The Kier molecular flexibility index (Phi) is 3.24. The molecule has 1 unspecified atom stereocenters. The molecule has 5 nitrogen and oxygen atoms in total. The van der Waals surface area contributed by atoms with Crippen LogP contribution < -0.4 is 0 Å². The van der Waals surface area contributed by atoms with Crippen LogP contribution in [0.3, 0.4) is 0 Å². The maximum Gasteiger partial charge on any atom is 0.315 e. The molecule has 0 amide bonds. The van der Waals surface area contributed by atoms with E-state index in [1.807, 2.05) is 25.3 Å². The summed E-state index contributed by atoms with van der Waals surface area (Å²) >= 11 is 0. The molecule has 0 fully saturated rings. The minimum Gasteiger partial charge on any atom is -0.481 e. The van der Waals surface area contributed by atoms with Gasteiger partial charge in [0.2, 0.25) is 5.78 Å². The van der Waals surface area contributed by atoms with E-state index in [4.69, 9.17) is 4.42 Å². The highest BCUT2D eigenvalue weighted by Gasteiger charge is 2.49. The number of aryl methyl sites for hydroxylation is 1. The normalized spacial score (nSPS) is 20.4. The number of furan rings is 1. The number of hydrogen-bond donors (Lipinski definition) is 1. The molecule has 0 saturated heterocycles. The second-order valence-corrected chi connectivity index (χ2v) is 6.20. The molecule has 1 N–H and O–H groups in total. The average Bonchev–Trinajstić information content (AvgIpc) is 3.11. The zero-order valence-corrected chi connectivity index (χ0v) is 12.9. The van der Waals surface area contributed by atoms with Crippen LogP contribution in [0.5, 0.6) is 0 Å². The summed E-state index contributed by atoms with van der Waals surface area (Å²) in [4.78, 5) is 24.5. The molecule has 1 aliphatic heterocycles. The molecule has 0 aromatic carbocycles. The number of ketones is 1. The van der Waals surface area contributed by atoms with Crippen molar-refractivity contribution in [1.82, 2.24) is 4.57 Å². The monoisotopic (exact) mass is 301 g/mol. The Morgan fingerprint density at radius 1 is 1.32 bits per heavy atom. The van der Waals surface area contributed by atoms with Gasteiger partial charge in [0.25, 0.3) is 0 Å². The predicted octanol–water partition coefficient (Wildman–Crippen LogP) is 3.00. The Labute approximate surface area is 128 Å². The summed E-state index contributed by atoms with van der Waals surface area (Å²) in [6.45, 7) is 6.18. The molecule has 116 valence electrons. The van der Waals surface area contributed by atoms with Crippen molar-refractivity contribution in [2.45, 2.75) is 39.2 Å². The summed E-state index contributed by atoms with van der Waals surface area (Å²) in [5, 5.41) is 9.74. The summed E-state index contributed by atoms with van der Waals surface area (Å²) in [6.07, 6.45) is 2.00. The lowest BCUT2D eigenvalue weighted by molar-refractivity contribution is -0.145.